The van der Waals surface area contributed by atoms with E-state index in [0.29, 0.717) is 27.4 Å². The van der Waals surface area contributed by atoms with Crippen LogP contribution in [-0.2, 0) is 22.5 Å². The van der Waals surface area contributed by atoms with Gasteiger partial charge in [-0.3, -0.25) is 0 Å². The molecule has 0 heterocycles. The molecule has 0 aliphatic carbocycles. The van der Waals surface area contributed by atoms with Gasteiger partial charge in [0.05, 0.1) is 32.2 Å². The molecule has 16 heavy (non-hydrogen) atoms. The number of unbranched alkanes of at least 4 members (excludes halogenated alkanes) is 6. The first-order valence-electron chi connectivity index (χ1n) is 6.05. The number of hydrogen-bond acceptors (Lipinski definition) is 2. The van der Waals surface area contributed by atoms with Crippen LogP contribution in [-0.4, -0.2) is 18.1 Å². The molecule has 0 unspecified atom stereocenters. The Morgan fingerprint density at radius 1 is 0.875 bits per heavy atom. The zero-order valence-electron chi connectivity index (χ0n) is 10.3. The number of rotatable bonds is 9. The molecule has 0 aliphatic rings. The summed E-state index contributed by atoms with van der Waals surface area (Å²) in [5.41, 5.74) is 0. The lowest BCUT2D eigenvalue weighted by atomic mass is 10.1. The first-order chi connectivity index (χ1) is 7.76. The molecule has 0 amide bonds. The molecular weight excluding hydrogens is 240 g/mol. The van der Waals surface area contributed by atoms with Crippen molar-refractivity contribution in [1.82, 2.24) is 0 Å². The normalized spacial score (nSPS) is 9.88. The van der Waals surface area contributed by atoms with E-state index in [1.807, 2.05) is 0 Å². The van der Waals surface area contributed by atoms with Crippen LogP contribution in [0.25, 0.3) is 0 Å². The van der Waals surface area contributed by atoms with E-state index in [1.54, 1.807) is 6.92 Å². The van der Waals surface area contributed by atoms with Crippen LogP contribution in [0.3, 0.4) is 0 Å². The van der Waals surface area contributed by atoms with Crippen molar-refractivity contribution in [3.05, 3.63) is 0 Å². The Balaban J connectivity index is 3.58. The summed E-state index contributed by atoms with van der Waals surface area (Å²) in [7, 11) is 0. The van der Waals surface area contributed by atoms with Gasteiger partial charge in [0.2, 0.25) is 0 Å². The monoisotopic (exact) mass is 262 g/mol. The average molecular weight is 262 g/mol. The van der Waals surface area contributed by atoms with E-state index in [2.05, 4.69) is 6.92 Å². The smallest absolute Gasteiger partial charge is 0.0932 e. The summed E-state index contributed by atoms with van der Waals surface area (Å²) in [4.78, 5) is 1.37. The standard InChI is InChI=1S/C12H22O2S2/c1-3-4-5-6-7-8-9-10-12(16-14)11(2)15-13/h3-10H2,1-2H3. The van der Waals surface area contributed by atoms with E-state index in [9.17, 15) is 8.42 Å². The SMILES string of the molecule is CCCCCCCCCC(=S=O)C(C)=S=O. The number of hydrogen-bond donors (Lipinski definition) is 0. The van der Waals surface area contributed by atoms with Gasteiger partial charge < -0.3 is 0 Å². The molecule has 0 fully saturated rings. The molecule has 0 bridgehead atoms. The lowest BCUT2D eigenvalue weighted by molar-refractivity contribution is 0.596. The second kappa shape index (κ2) is 11.3. The van der Waals surface area contributed by atoms with E-state index < -0.39 is 0 Å². The van der Waals surface area contributed by atoms with Gasteiger partial charge in [0.25, 0.3) is 0 Å². The largest absolute Gasteiger partial charge is 0.212 e. The van der Waals surface area contributed by atoms with Gasteiger partial charge in [0.1, 0.15) is 0 Å². The zero-order valence-corrected chi connectivity index (χ0v) is 11.9. The summed E-state index contributed by atoms with van der Waals surface area (Å²) in [6.45, 7) is 3.95. The average Bonchev–Trinajstić information content (AvgIpc) is 2.32. The predicted molar refractivity (Wildman–Crippen MR) is 74.6 cm³/mol. The third-order valence-corrected chi connectivity index (χ3v) is 3.96. The lowest BCUT2D eigenvalue weighted by Crippen LogP contribution is -2.09. The molecule has 94 valence electrons. The molecule has 0 N–H and O–H groups in total. The van der Waals surface area contributed by atoms with Gasteiger partial charge in [0, 0.05) is 0 Å². The highest BCUT2D eigenvalue weighted by Gasteiger charge is 2.02. The minimum atomic E-state index is 0.441. The Hall–Kier alpha value is -0.220. The minimum absolute atomic E-state index is 0.441. The van der Waals surface area contributed by atoms with Crippen LogP contribution in [0.4, 0.5) is 0 Å². The van der Waals surface area contributed by atoms with Crippen molar-refractivity contribution in [3.63, 3.8) is 0 Å². The summed E-state index contributed by atoms with van der Waals surface area (Å²) < 4.78 is 21.3. The molecular formula is C12H22O2S2. The van der Waals surface area contributed by atoms with Crippen LogP contribution in [0.1, 0.15) is 65.2 Å². The fraction of sp³-hybridized carbons (Fsp3) is 0.833. The molecule has 0 radical (unpaired) electrons. The first-order valence-corrected chi connectivity index (χ1v) is 7.54. The molecule has 0 aromatic heterocycles. The van der Waals surface area contributed by atoms with Crippen molar-refractivity contribution in [3.8, 4) is 0 Å². The first kappa shape index (κ1) is 15.8. The molecule has 0 aromatic carbocycles. The van der Waals surface area contributed by atoms with Crippen molar-refractivity contribution >= 4 is 32.2 Å². The summed E-state index contributed by atoms with van der Waals surface area (Å²) in [5, 5.41) is 0. The van der Waals surface area contributed by atoms with Crippen LogP contribution >= 0.6 is 0 Å². The van der Waals surface area contributed by atoms with Crippen LogP contribution in [0.5, 0.6) is 0 Å². The van der Waals surface area contributed by atoms with E-state index >= 15 is 0 Å². The summed E-state index contributed by atoms with van der Waals surface area (Å²) in [6, 6.07) is 0. The van der Waals surface area contributed by atoms with E-state index in [0.717, 1.165) is 17.7 Å². The maximum absolute atomic E-state index is 10.7. The molecule has 0 rings (SSSR count). The van der Waals surface area contributed by atoms with E-state index in [-0.39, 0.29) is 0 Å². The molecule has 0 saturated heterocycles. The fourth-order valence-corrected chi connectivity index (χ4v) is 2.31. The third kappa shape index (κ3) is 7.99. The topological polar surface area (TPSA) is 34.1 Å². The van der Waals surface area contributed by atoms with Crippen LogP contribution in [0.15, 0.2) is 0 Å². The summed E-state index contributed by atoms with van der Waals surface area (Å²) >= 11 is 0.924. The van der Waals surface area contributed by atoms with Crippen LogP contribution in [0, 0.1) is 0 Å². The maximum Gasteiger partial charge on any atom is 0.0932 e. The minimum Gasteiger partial charge on any atom is -0.212 e. The van der Waals surface area contributed by atoms with Crippen LogP contribution < -0.4 is 0 Å². The lowest BCUT2D eigenvalue weighted by Gasteiger charge is -2.01. The summed E-state index contributed by atoms with van der Waals surface area (Å²) in [6.07, 6.45) is 9.47. The molecule has 0 aliphatic heterocycles. The Bertz CT molecular complexity index is 287. The highest BCUT2D eigenvalue weighted by Crippen LogP contribution is 2.08. The second-order valence-corrected chi connectivity index (χ2v) is 5.46. The molecule has 4 heteroatoms. The van der Waals surface area contributed by atoms with Crippen molar-refractivity contribution in [2.24, 2.45) is 0 Å². The van der Waals surface area contributed by atoms with Crippen LogP contribution in [0.2, 0.25) is 0 Å². The Morgan fingerprint density at radius 3 is 1.94 bits per heavy atom. The van der Waals surface area contributed by atoms with Gasteiger partial charge in [-0.2, -0.15) is 0 Å². The Kier molecular flexibility index (Phi) is 11.1. The quantitative estimate of drug-likeness (QED) is 0.473. The molecule has 0 spiro atoms. The second-order valence-electron chi connectivity index (χ2n) is 4.02. The molecule has 0 aromatic rings. The summed E-state index contributed by atoms with van der Waals surface area (Å²) in [5.74, 6) is 0. The van der Waals surface area contributed by atoms with Crippen molar-refractivity contribution in [2.75, 3.05) is 0 Å². The molecule has 0 atom stereocenters. The third-order valence-electron chi connectivity index (χ3n) is 2.63. The predicted octanol–water partition coefficient (Wildman–Crippen LogP) is 2.92. The Labute approximate surface area is 106 Å². The highest BCUT2D eigenvalue weighted by molar-refractivity contribution is 7.76. The van der Waals surface area contributed by atoms with Gasteiger partial charge in [-0.15, -0.1) is 0 Å². The Morgan fingerprint density at radius 2 is 1.44 bits per heavy atom. The highest BCUT2D eigenvalue weighted by atomic mass is 32.1. The van der Waals surface area contributed by atoms with Gasteiger partial charge in [0.15, 0.2) is 0 Å². The van der Waals surface area contributed by atoms with Gasteiger partial charge in [-0.05, 0) is 19.8 Å². The van der Waals surface area contributed by atoms with Gasteiger partial charge in [-0.1, -0.05) is 45.4 Å². The van der Waals surface area contributed by atoms with Gasteiger partial charge in [-0.25, -0.2) is 8.42 Å². The van der Waals surface area contributed by atoms with Gasteiger partial charge >= 0.3 is 0 Å². The maximum atomic E-state index is 10.7. The van der Waals surface area contributed by atoms with E-state index in [1.165, 1.54) is 38.5 Å². The molecule has 2 nitrogen and oxygen atoms in total. The van der Waals surface area contributed by atoms with Crippen molar-refractivity contribution in [2.45, 2.75) is 65.2 Å². The zero-order chi connectivity index (χ0) is 12.2. The van der Waals surface area contributed by atoms with Crippen molar-refractivity contribution in [1.29, 1.82) is 0 Å². The molecule has 0 saturated carbocycles. The van der Waals surface area contributed by atoms with Crippen molar-refractivity contribution < 1.29 is 8.42 Å². The fourth-order valence-electron chi connectivity index (χ4n) is 1.57. The van der Waals surface area contributed by atoms with E-state index in [4.69, 9.17) is 0 Å².